The van der Waals surface area contributed by atoms with Crippen LogP contribution >= 0.6 is 0 Å². The van der Waals surface area contributed by atoms with E-state index in [-0.39, 0.29) is 30.7 Å². The highest BCUT2D eigenvalue weighted by atomic mass is 16.2. The van der Waals surface area contributed by atoms with Gasteiger partial charge in [0.05, 0.1) is 11.1 Å². The van der Waals surface area contributed by atoms with E-state index in [1.54, 1.807) is 24.3 Å². The Hall–Kier alpha value is -2.17. The lowest BCUT2D eigenvalue weighted by Crippen LogP contribution is -2.37. The Labute approximate surface area is 136 Å². The summed E-state index contributed by atoms with van der Waals surface area (Å²) in [5.41, 5.74) is 0.877. The Balaban J connectivity index is 1.60. The van der Waals surface area contributed by atoms with Crippen molar-refractivity contribution in [2.24, 2.45) is 5.92 Å². The molecule has 1 aromatic rings. The number of imide groups is 1. The van der Waals surface area contributed by atoms with Gasteiger partial charge in [0.15, 0.2) is 0 Å². The van der Waals surface area contributed by atoms with E-state index in [1.165, 1.54) is 4.90 Å². The van der Waals surface area contributed by atoms with Gasteiger partial charge in [-0.2, -0.15) is 0 Å². The molecule has 122 valence electrons. The van der Waals surface area contributed by atoms with Gasteiger partial charge in [-0.1, -0.05) is 19.1 Å². The van der Waals surface area contributed by atoms with Gasteiger partial charge in [-0.05, 0) is 37.3 Å². The van der Waals surface area contributed by atoms with Crippen LogP contribution in [-0.2, 0) is 4.79 Å². The van der Waals surface area contributed by atoms with Crippen LogP contribution in [-0.4, -0.2) is 47.2 Å². The third-order valence-corrected chi connectivity index (χ3v) is 4.80. The number of amides is 3. The van der Waals surface area contributed by atoms with Crippen LogP contribution < -0.4 is 0 Å². The topological polar surface area (TPSA) is 57.7 Å². The van der Waals surface area contributed by atoms with Crippen LogP contribution in [0.2, 0.25) is 0 Å². The van der Waals surface area contributed by atoms with E-state index < -0.39 is 0 Å². The van der Waals surface area contributed by atoms with Crippen LogP contribution in [0.4, 0.5) is 0 Å². The Morgan fingerprint density at radius 2 is 1.74 bits per heavy atom. The first-order valence-electron chi connectivity index (χ1n) is 8.31. The SMILES string of the molecule is CC1CCCN(C(=O)CCN2C(=O)c3ccccc3C2=O)CC1. The fraction of sp³-hybridized carbons (Fsp3) is 0.500. The summed E-state index contributed by atoms with van der Waals surface area (Å²) in [5, 5.41) is 0. The molecular formula is C18H22N2O3. The van der Waals surface area contributed by atoms with Gasteiger partial charge in [-0.15, -0.1) is 0 Å². The molecule has 5 nitrogen and oxygen atoms in total. The largest absolute Gasteiger partial charge is 0.343 e. The van der Waals surface area contributed by atoms with Crippen molar-refractivity contribution in [2.45, 2.75) is 32.6 Å². The van der Waals surface area contributed by atoms with Crippen LogP contribution in [0.15, 0.2) is 24.3 Å². The number of hydrogen-bond acceptors (Lipinski definition) is 3. The second kappa shape index (κ2) is 6.52. The molecule has 0 spiro atoms. The van der Waals surface area contributed by atoms with Crippen molar-refractivity contribution >= 4 is 17.7 Å². The number of nitrogens with zero attached hydrogens (tertiary/aromatic N) is 2. The van der Waals surface area contributed by atoms with Gasteiger partial charge < -0.3 is 4.90 Å². The monoisotopic (exact) mass is 314 g/mol. The second-order valence-corrected chi connectivity index (χ2v) is 6.47. The van der Waals surface area contributed by atoms with E-state index in [2.05, 4.69) is 6.92 Å². The minimum Gasteiger partial charge on any atom is -0.343 e. The van der Waals surface area contributed by atoms with Crippen molar-refractivity contribution < 1.29 is 14.4 Å². The molecule has 0 radical (unpaired) electrons. The molecule has 0 bridgehead atoms. The Bertz CT molecular complexity index is 606. The molecule has 3 rings (SSSR count). The Morgan fingerprint density at radius 3 is 2.39 bits per heavy atom. The van der Waals surface area contributed by atoms with E-state index in [0.717, 1.165) is 32.4 Å². The van der Waals surface area contributed by atoms with E-state index in [0.29, 0.717) is 17.0 Å². The van der Waals surface area contributed by atoms with Gasteiger partial charge in [0.1, 0.15) is 0 Å². The molecule has 23 heavy (non-hydrogen) atoms. The molecule has 3 amide bonds. The van der Waals surface area contributed by atoms with Crippen LogP contribution in [0.1, 0.15) is 53.3 Å². The van der Waals surface area contributed by atoms with Gasteiger partial charge >= 0.3 is 0 Å². The predicted molar refractivity (Wildman–Crippen MR) is 86.0 cm³/mol. The zero-order valence-electron chi connectivity index (χ0n) is 13.5. The molecule has 2 heterocycles. The molecule has 1 fully saturated rings. The quantitative estimate of drug-likeness (QED) is 0.805. The normalized spacial score (nSPS) is 21.3. The minimum absolute atomic E-state index is 0.0376. The lowest BCUT2D eigenvalue weighted by Gasteiger charge is -2.22. The van der Waals surface area contributed by atoms with Gasteiger partial charge in [-0.25, -0.2) is 0 Å². The summed E-state index contributed by atoms with van der Waals surface area (Å²) in [4.78, 5) is 40.0. The van der Waals surface area contributed by atoms with Crippen molar-refractivity contribution in [3.8, 4) is 0 Å². The number of carbonyl (C=O) groups is 3. The number of rotatable bonds is 3. The van der Waals surface area contributed by atoms with E-state index in [9.17, 15) is 14.4 Å². The van der Waals surface area contributed by atoms with Crippen molar-refractivity contribution in [3.05, 3.63) is 35.4 Å². The van der Waals surface area contributed by atoms with Crippen molar-refractivity contribution in [1.29, 1.82) is 0 Å². The third kappa shape index (κ3) is 3.14. The molecule has 0 N–H and O–H groups in total. The zero-order valence-corrected chi connectivity index (χ0v) is 13.5. The molecule has 1 aromatic carbocycles. The lowest BCUT2D eigenvalue weighted by molar-refractivity contribution is -0.131. The molecule has 2 aliphatic rings. The molecule has 0 aromatic heterocycles. The standard InChI is InChI=1S/C18H22N2O3/c1-13-5-4-10-19(11-8-13)16(21)9-12-20-17(22)14-6-2-3-7-15(14)18(20)23/h2-3,6-7,13H,4-5,8-12H2,1H3. The van der Waals surface area contributed by atoms with Crippen molar-refractivity contribution in [1.82, 2.24) is 9.80 Å². The maximum Gasteiger partial charge on any atom is 0.261 e. The highest BCUT2D eigenvalue weighted by Crippen LogP contribution is 2.23. The molecule has 5 heteroatoms. The second-order valence-electron chi connectivity index (χ2n) is 6.47. The maximum atomic E-state index is 12.4. The van der Waals surface area contributed by atoms with Gasteiger partial charge in [0.25, 0.3) is 11.8 Å². The van der Waals surface area contributed by atoms with Crippen molar-refractivity contribution in [3.63, 3.8) is 0 Å². The molecule has 0 aliphatic carbocycles. The van der Waals surface area contributed by atoms with E-state index in [1.807, 2.05) is 4.90 Å². The summed E-state index contributed by atoms with van der Waals surface area (Å²) in [5.74, 6) is 0.116. The highest BCUT2D eigenvalue weighted by Gasteiger charge is 2.35. The first-order chi connectivity index (χ1) is 11.1. The van der Waals surface area contributed by atoms with Gasteiger partial charge in [0.2, 0.25) is 5.91 Å². The first kappa shape index (κ1) is 15.7. The fourth-order valence-electron chi connectivity index (χ4n) is 3.32. The molecule has 0 saturated carbocycles. The molecule has 1 unspecified atom stereocenters. The number of hydrogen-bond donors (Lipinski definition) is 0. The number of likely N-dealkylation sites (tertiary alicyclic amines) is 1. The van der Waals surface area contributed by atoms with Crippen molar-refractivity contribution in [2.75, 3.05) is 19.6 Å². The summed E-state index contributed by atoms with van der Waals surface area (Å²) in [6.07, 6.45) is 3.42. The summed E-state index contributed by atoms with van der Waals surface area (Å²) in [7, 11) is 0. The maximum absolute atomic E-state index is 12.4. The summed E-state index contributed by atoms with van der Waals surface area (Å²) in [6, 6.07) is 6.81. The van der Waals surface area contributed by atoms with Gasteiger partial charge in [-0.3, -0.25) is 19.3 Å². The highest BCUT2D eigenvalue weighted by molar-refractivity contribution is 6.21. The molecule has 1 saturated heterocycles. The number of carbonyl (C=O) groups excluding carboxylic acids is 3. The molecular weight excluding hydrogens is 292 g/mol. The van der Waals surface area contributed by atoms with Crippen LogP contribution in [0.3, 0.4) is 0 Å². The number of benzene rings is 1. The van der Waals surface area contributed by atoms with E-state index >= 15 is 0 Å². The smallest absolute Gasteiger partial charge is 0.261 e. The summed E-state index contributed by atoms with van der Waals surface area (Å²) in [6.45, 7) is 3.94. The van der Waals surface area contributed by atoms with Crippen LogP contribution in [0, 0.1) is 5.92 Å². The zero-order chi connectivity index (χ0) is 16.4. The van der Waals surface area contributed by atoms with Gasteiger partial charge in [0, 0.05) is 26.1 Å². The van der Waals surface area contributed by atoms with E-state index in [4.69, 9.17) is 0 Å². The average Bonchev–Trinajstić information content (AvgIpc) is 2.71. The average molecular weight is 314 g/mol. The lowest BCUT2D eigenvalue weighted by atomic mass is 10.0. The Morgan fingerprint density at radius 1 is 1.09 bits per heavy atom. The van der Waals surface area contributed by atoms with Crippen LogP contribution in [0.25, 0.3) is 0 Å². The molecule has 1 atom stereocenters. The fourth-order valence-corrected chi connectivity index (χ4v) is 3.32. The summed E-state index contributed by atoms with van der Waals surface area (Å²) < 4.78 is 0. The Kier molecular flexibility index (Phi) is 4.46. The molecule has 2 aliphatic heterocycles. The number of fused-ring (bicyclic) bond motifs is 1. The summed E-state index contributed by atoms with van der Waals surface area (Å²) >= 11 is 0. The first-order valence-corrected chi connectivity index (χ1v) is 8.31. The van der Waals surface area contributed by atoms with Crippen LogP contribution in [0.5, 0.6) is 0 Å². The third-order valence-electron chi connectivity index (χ3n) is 4.80. The minimum atomic E-state index is -0.289. The predicted octanol–water partition coefficient (Wildman–Crippen LogP) is 2.32.